The van der Waals surface area contributed by atoms with Gasteiger partial charge in [-0.25, -0.2) is 0 Å². The van der Waals surface area contributed by atoms with Gasteiger partial charge in [0.15, 0.2) is 0 Å². The Morgan fingerprint density at radius 1 is 1.46 bits per heavy atom. The summed E-state index contributed by atoms with van der Waals surface area (Å²) in [7, 11) is -2.41. The first kappa shape index (κ1) is 16.2. The van der Waals surface area contributed by atoms with E-state index in [0.29, 0.717) is 5.76 Å². The predicted molar refractivity (Wildman–Crippen MR) is 36.3 cm³/mol. The van der Waals surface area contributed by atoms with Crippen molar-refractivity contribution >= 4 is 7.27 Å². The van der Waals surface area contributed by atoms with E-state index in [2.05, 4.69) is 4.74 Å². The average molecular weight is 218 g/mol. The first-order valence-corrected chi connectivity index (χ1v) is 3.17. The summed E-state index contributed by atoms with van der Waals surface area (Å²) in [6, 6.07) is 3.35. The van der Waals surface area contributed by atoms with E-state index in [1.165, 1.54) is 6.26 Å². The summed E-state index contributed by atoms with van der Waals surface area (Å²) in [6.07, 6.45) is 1.47. The first-order chi connectivity index (χ1) is 5.29. The molecule has 0 saturated heterocycles. The van der Waals surface area contributed by atoms with Crippen molar-refractivity contribution in [2.24, 2.45) is 0 Å². The van der Waals surface area contributed by atoms with Gasteiger partial charge in [-0.1, -0.05) is 0 Å². The molecule has 0 N–H and O–H groups in total. The summed E-state index contributed by atoms with van der Waals surface area (Å²) in [6.45, 7) is -0.432. The Bertz CT molecular complexity index is 196. The van der Waals surface area contributed by atoms with E-state index in [0.717, 1.165) is 0 Å². The number of ether oxygens (including phenoxy) is 1. The van der Waals surface area contributed by atoms with Crippen LogP contribution < -0.4 is 56.1 Å². The van der Waals surface area contributed by atoms with Gasteiger partial charge in [0.2, 0.25) is 0 Å². The summed E-state index contributed by atoms with van der Waals surface area (Å²) >= 11 is 0. The van der Waals surface area contributed by atoms with Crippen LogP contribution in [-0.4, -0.2) is 13.8 Å². The van der Waals surface area contributed by atoms with E-state index in [4.69, 9.17) is 4.42 Å². The van der Waals surface area contributed by atoms with E-state index < -0.39 is 13.8 Å². The van der Waals surface area contributed by atoms with E-state index in [-0.39, 0.29) is 62.7 Å². The fraction of sp³-hybridized carbons (Fsp3) is 0.333. The van der Waals surface area contributed by atoms with Gasteiger partial charge >= 0.3 is 58.7 Å². The van der Waals surface area contributed by atoms with Crippen molar-refractivity contribution < 1.29 is 73.9 Å². The predicted octanol–water partition coefficient (Wildman–Crippen LogP) is -4.23. The van der Waals surface area contributed by atoms with Crippen molar-refractivity contribution in [1.29, 1.82) is 0 Å². The van der Waals surface area contributed by atoms with Gasteiger partial charge < -0.3 is 13.9 Å². The first-order valence-electron chi connectivity index (χ1n) is 3.17. The van der Waals surface area contributed by atoms with Gasteiger partial charge in [-0.3, -0.25) is 8.63 Å². The number of rotatable bonds is 4. The maximum absolute atomic E-state index is 11.5. The molecule has 0 atom stereocenters. The SMILES string of the molecule is FB(F)COCc1ccco1.[F-].[K+]. The molecule has 7 heteroatoms. The molecule has 0 saturated carbocycles. The number of hydrogen-bond acceptors (Lipinski definition) is 2. The number of furan rings is 1. The fourth-order valence-corrected chi connectivity index (χ4v) is 0.643. The van der Waals surface area contributed by atoms with Crippen LogP contribution in [0.3, 0.4) is 0 Å². The molecule has 0 bridgehead atoms. The average Bonchev–Trinajstić information content (AvgIpc) is 2.39. The van der Waals surface area contributed by atoms with E-state index >= 15 is 0 Å². The molecule has 1 aromatic heterocycles. The zero-order valence-electron chi connectivity index (χ0n) is 7.17. The Kier molecular flexibility index (Phi) is 11.6. The molecule has 0 aliphatic rings. The third kappa shape index (κ3) is 7.78. The van der Waals surface area contributed by atoms with Crippen molar-refractivity contribution in [2.75, 3.05) is 6.51 Å². The van der Waals surface area contributed by atoms with Crippen LogP contribution in [0.5, 0.6) is 0 Å². The van der Waals surface area contributed by atoms with Crippen LogP contribution in [0.25, 0.3) is 0 Å². The standard InChI is InChI=1S/C6H7BF2O2.FH.K/c8-7(9)5-10-4-6-2-1-3-11-6;;/h1-3H,4-5H2;1H;/q;;+1/p-1. The summed E-state index contributed by atoms with van der Waals surface area (Å²) in [5.41, 5.74) is 0. The van der Waals surface area contributed by atoms with E-state index in [1.807, 2.05) is 0 Å². The molecule has 0 amide bonds. The fourth-order valence-electron chi connectivity index (χ4n) is 0.643. The maximum atomic E-state index is 11.5. The Labute approximate surface area is 117 Å². The normalized spacial score (nSPS) is 8.46. The van der Waals surface area contributed by atoms with Crippen LogP contribution in [0, 0.1) is 0 Å². The minimum Gasteiger partial charge on any atom is -1.00 e. The third-order valence-electron chi connectivity index (χ3n) is 1.07. The summed E-state index contributed by atoms with van der Waals surface area (Å²) < 4.78 is 32.5. The Balaban J connectivity index is 0. The Morgan fingerprint density at radius 2 is 2.15 bits per heavy atom. The van der Waals surface area contributed by atoms with Crippen LogP contribution in [0.2, 0.25) is 0 Å². The molecular formula is C6H7BF3KO2. The second-order valence-corrected chi connectivity index (χ2v) is 1.99. The molecule has 1 aromatic rings. The van der Waals surface area contributed by atoms with Gasteiger partial charge in [-0.15, -0.1) is 0 Å². The molecule has 1 rings (SSSR count). The van der Waals surface area contributed by atoms with Crippen LogP contribution in [0.4, 0.5) is 8.63 Å². The quantitative estimate of drug-likeness (QED) is 0.478. The molecular weight excluding hydrogens is 211 g/mol. The van der Waals surface area contributed by atoms with E-state index in [9.17, 15) is 8.63 Å². The van der Waals surface area contributed by atoms with Crippen molar-refractivity contribution in [3.8, 4) is 0 Å². The van der Waals surface area contributed by atoms with E-state index in [1.54, 1.807) is 12.1 Å². The summed E-state index contributed by atoms with van der Waals surface area (Å²) in [5.74, 6) is 0.561. The molecule has 0 aliphatic carbocycles. The molecule has 0 unspecified atom stereocenters. The topological polar surface area (TPSA) is 22.4 Å². The number of halogens is 3. The Morgan fingerprint density at radius 3 is 2.62 bits per heavy atom. The van der Waals surface area contributed by atoms with Crippen LogP contribution in [0.1, 0.15) is 5.76 Å². The zero-order chi connectivity index (χ0) is 8.10. The zero-order valence-corrected chi connectivity index (χ0v) is 10.3. The molecule has 0 fully saturated rings. The molecule has 13 heavy (non-hydrogen) atoms. The second kappa shape index (κ2) is 9.29. The molecule has 0 aromatic carbocycles. The van der Waals surface area contributed by atoms with Crippen LogP contribution in [0.15, 0.2) is 22.8 Å². The van der Waals surface area contributed by atoms with Gasteiger partial charge in [0, 0.05) is 0 Å². The van der Waals surface area contributed by atoms with Crippen molar-refractivity contribution in [3.63, 3.8) is 0 Å². The van der Waals surface area contributed by atoms with Gasteiger partial charge in [-0.05, 0) is 12.1 Å². The smallest absolute Gasteiger partial charge is 1.00 e. The van der Waals surface area contributed by atoms with Gasteiger partial charge in [0.05, 0.1) is 12.8 Å². The number of hydrogen-bond donors (Lipinski definition) is 0. The summed E-state index contributed by atoms with van der Waals surface area (Å²) in [4.78, 5) is 0. The summed E-state index contributed by atoms with van der Waals surface area (Å²) in [5, 5.41) is 0. The third-order valence-corrected chi connectivity index (χ3v) is 1.07. The monoisotopic (exact) mass is 218 g/mol. The maximum Gasteiger partial charge on any atom is 1.00 e. The molecule has 0 aliphatic heterocycles. The molecule has 68 valence electrons. The Hall–Kier alpha value is 0.731. The minimum absolute atomic E-state index is 0. The molecule has 0 spiro atoms. The van der Waals surface area contributed by atoms with Gasteiger partial charge in [-0.2, -0.15) is 0 Å². The van der Waals surface area contributed by atoms with Gasteiger partial charge in [0.1, 0.15) is 12.4 Å². The molecule has 2 nitrogen and oxygen atoms in total. The van der Waals surface area contributed by atoms with Crippen LogP contribution in [-0.2, 0) is 11.3 Å². The van der Waals surface area contributed by atoms with Crippen molar-refractivity contribution in [3.05, 3.63) is 24.2 Å². The van der Waals surface area contributed by atoms with Crippen molar-refractivity contribution in [2.45, 2.75) is 6.61 Å². The van der Waals surface area contributed by atoms with Crippen LogP contribution >= 0.6 is 0 Å². The minimum atomic E-state index is -2.41. The van der Waals surface area contributed by atoms with Crippen molar-refractivity contribution in [1.82, 2.24) is 0 Å². The second-order valence-electron chi connectivity index (χ2n) is 1.99. The molecule has 0 radical (unpaired) electrons. The largest absolute Gasteiger partial charge is 1.00 e. The molecule has 1 heterocycles. The van der Waals surface area contributed by atoms with Gasteiger partial charge in [0.25, 0.3) is 0 Å².